The number of hydrogen-bond donors (Lipinski definition) is 0. The first-order valence-corrected chi connectivity index (χ1v) is 13.0. The molecule has 0 nitrogen and oxygen atoms in total. The molecule has 0 N–H and O–H groups in total. The van der Waals surface area contributed by atoms with Gasteiger partial charge in [-0.25, -0.2) is 0 Å². The van der Waals surface area contributed by atoms with Crippen LogP contribution in [0.4, 0.5) is 0 Å². The van der Waals surface area contributed by atoms with Gasteiger partial charge >= 0.3 is 0 Å². The summed E-state index contributed by atoms with van der Waals surface area (Å²) in [5, 5.41) is 5.37. The van der Waals surface area contributed by atoms with Gasteiger partial charge in [-0.15, -0.1) is 0 Å². The van der Waals surface area contributed by atoms with Crippen LogP contribution in [-0.2, 0) is 0 Å². The predicted octanol–water partition coefficient (Wildman–Crippen LogP) is 11.4. The van der Waals surface area contributed by atoms with E-state index >= 15 is 0 Å². The summed E-state index contributed by atoms with van der Waals surface area (Å²) in [6, 6.07) is 20.8. The van der Waals surface area contributed by atoms with Gasteiger partial charge in [0, 0.05) is 0 Å². The van der Waals surface area contributed by atoms with Crippen molar-refractivity contribution in [1.82, 2.24) is 0 Å². The van der Waals surface area contributed by atoms with Crippen molar-refractivity contribution in [3.8, 4) is 22.3 Å². The molecule has 0 heterocycles. The fraction of sp³-hybridized carbons (Fsp3) is 0. The van der Waals surface area contributed by atoms with Gasteiger partial charge in [-0.3, -0.25) is 0 Å². The van der Waals surface area contributed by atoms with Crippen LogP contribution in [0.5, 0.6) is 0 Å². The molecule has 0 aliphatic carbocycles. The Bertz CT molecular complexity index is 3010. The molecule has 0 saturated heterocycles. The van der Waals surface area contributed by atoms with E-state index in [0.717, 1.165) is 43.4 Å². The Morgan fingerprint density at radius 3 is 1.93 bits per heavy atom. The predicted molar refractivity (Wildman–Crippen MR) is 174 cm³/mol. The van der Waals surface area contributed by atoms with Crippen molar-refractivity contribution in [2.45, 2.75) is 0 Å². The highest BCUT2D eigenvalue weighted by Gasteiger charge is 2.17. The molecule has 9 aromatic carbocycles. The zero-order valence-electron chi connectivity index (χ0n) is 32.0. The lowest BCUT2D eigenvalue weighted by Crippen LogP contribution is -1.90. The SMILES string of the molecule is [2H]c1c([2H])c([2H])c2c(-c3cc4ccc5ccc(-c6ccccc6)c6ccc(c3)c4c56)c3c(c([2H])c([2H])c4c([2H])c([2H])c([2H])c([2H])c43)c([2H])c2c1[2H]. The van der Waals surface area contributed by atoms with Gasteiger partial charge < -0.3 is 0 Å². The van der Waals surface area contributed by atoms with Gasteiger partial charge in [0.1, 0.15) is 0 Å². The quantitative estimate of drug-likeness (QED) is 0.159. The minimum Gasteiger partial charge on any atom is -0.0622 e. The lowest BCUT2D eigenvalue weighted by atomic mass is 9.85. The first-order valence-electron chi connectivity index (χ1n) is 18.5. The molecule has 0 radical (unpaired) electrons. The van der Waals surface area contributed by atoms with E-state index < -0.39 is 66.5 Å². The molecule has 184 valence electrons. The summed E-state index contributed by atoms with van der Waals surface area (Å²) in [7, 11) is 0. The third-order valence-corrected chi connectivity index (χ3v) is 7.91. The molecule has 0 unspecified atom stereocenters. The molecule has 0 fully saturated rings. The minimum atomic E-state index is -0.562. The average molecular weight is 516 g/mol. The van der Waals surface area contributed by atoms with Crippen LogP contribution in [0.25, 0.3) is 86.9 Å². The standard InChI is InChI=1S/C40H24/c1-2-8-25(9-3-1)33-20-18-27-15-17-29-23-32(24-30-19-21-36(33)38(27)37(29)30)40-35-13-7-5-11-28(35)22-31-16-14-26-10-4-6-12-34(26)39(31)40/h1-24H/i4D,5D,6D,7D,10D,11D,12D,13D,14D,16D,22D. The van der Waals surface area contributed by atoms with Crippen LogP contribution in [0.3, 0.4) is 0 Å². The Morgan fingerprint density at radius 2 is 1.07 bits per heavy atom. The van der Waals surface area contributed by atoms with E-state index in [9.17, 15) is 1.37 Å². The molecule has 0 atom stereocenters. The van der Waals surface area contributed by atoms with E-state index in [0.29, 0.717) is 5.56 Å². The maximum Gasteiger partial charge on any atom is 0.0636 e. The van der Waals surface area contributed by atoms with Crippen LogP contribution in [-0.4, -0.2) is 0 Å². The minimum absolute atomic E-state index is 0.00326. The summed E-state index contributed by atoms with van der Waals surface area (Å²) in [6.07, 6.45) is 0. The van der Waals surface area contributed by atoms with Gasteiger partial charge in [0.25, 0.3) is 0 Å². The van der Waals surface area contributed by atoms with E-state index in [1.165, 1.54) is 0 Å². The van der Waals surface area contributed by atoms with Crippen molar-refractivity contribution in [2.24, 2.45) is 0 Å². The molecule has 0 amide bonds. The normalized spacial score (nSPS) is 15.8. The van der Waals surface area contributed by atoms with E-state index in [2.05, 4.69) is 30.3 Å². The van der Waals surface area contributed by atoms with E-state index in [1.54, 1.807) is 0 Å². The second-order valence-electron chi connectivity index (χ2n) is 10.1. The number of rotatable bonds is 2. The first kappa shape index (κ1) is 13.7. The Balaban J connectivity index is 1.53. The van der Waals surface area contributed by atoms with Gasteiger partial charge in [-0.2, -0.15) is 0 Å². The van der Waals surface area contributed by atoms with Crippen molar-refractivity contribution in [1.29, 1.82) is 0 Å². The topological polar surface area (TPSA) is 0 Å². The van der Waals surface area contributed by atoms with Gasteiger partial charge in [-0.05, 0) is 105 Å². The summed E-state index contributed by atoms with van der Waals surface area (Å²) in [4.78, 5) is 0. The largest absolute Gasteiger partial charge is 0.0636 e. The van der Waals surface area contributed by atoms with Crippen LogP contribution in [0.15, 0.2) is 145 Å². The van der Waals surface area contributed by atoms with E-state index in [1.807, 2.05) is 48.5 Å². The zero-order valence-corrected chi connectivity index (χ0v) is 21.0. The maximum atomic E-state index is 9.27. The third-order valence-electron chi connectivity index (χ3n) is 7.91. The van der Waals surface area contributed by atoms with Gasteiger partial charge in [0.2, 0.25) is 0 Å². The van der Waals surface area contributed by atoms with Crippen LogP contribution < -0.4 is 0 Å². The molecule has 9 rings (SSSR count). The Labute approximate surface area is 247 Å². The number of benzene rings is 9. The molecule has 0 aromatic heterocycles. The lowest BCUT2D eigenvalue weighted by molar-refractivity contribution is 1.66. The second kappa shape index (κ2) is 8.15. The summed E-state index contributed by atoms with van der Waals surface area (Å²) in [5.74, 6) is 0. The molecule has 0 bridgehead atoms. The maximum absolute atomic E-state index is 9.27. The Hall–Kier alpha value is -5.20. The van der Waals surface area contributed by atoms with Crippen LogP contribution in [0.2, 0.25) is 0 Å². The van der Waals surface area contributed by atoms with Crippen molar-refractivity contribution in [3.05, 3.63) is 145 Å². The van der Waals surface area contributed by atoms with Crippen molar-refractivity contribution >= 4 is 64.6 Å². The van der Waals surface area contributed by atoms with Crippen molar-refractivity contribution < 1.29 is 15.1 Å². The van der Waals surface area contributed by atoms with E-state index in [4.69, 9.17) is 13.7 Å². The summed E-state index contributed by atoms with van der Waals surface area (Å²) >= 11 is 0. The number of fused-ring (bicyclic) bond motifs is 4. The van der Waals surface area contributed by atoms with Crippen molar-refractivity contribution in [3.63, 3.8) is 0 Å². The monoisotopic (exact) mass is 515 g/mol. The Kier molecular flexibility index (Phi) is 2.80. The molecule has 40 heavy (non-hydrogen) atoms. The van der Waals surface area contributed by atoms with Crippen LogP contribution in [0, 0.1) is 0 Å². The van der Waals surface area contributed by atoms with Crippen LogP contribution >= 0.6 is 0 Å². The van der Waals surface area contributed by atoms with Gasteiger partial charge in [-0.1, -0.05) is 127 Å². The third kappa shape index (κ3) is 3.02. The smallest absolute Gasteiger partial charge is 0.0622 e. The second-order valence-corrected chi connectivity index (χ2v) is 10.1. The lowest BCUT2D eigenvalue weighted by Gasteiger charge is -2.18. The van der Waals surface area contributed by atoms with Gasteiger partial charge in [0.15, 0.2) is 0 Å². The van der Waals surface area contributed by atoms with Crippen molar-refractivity contribution in [2.75, 3.05) is 0 Å². The number of hydrogen-bond acceptors (Lipinski definition) is 0. The summed E-state index contributed by atoms with van der Waals surface area (Å²) in [5.41, 5.74) is 2.85. The highest BCUT2D eigenvalue weighted by Crippen LogP contribution is 2.44. The highest BCUT2D eigenvalue weighted by molar-refractivity contribution is 6.28. The summed E-state index contributed by atoms with van der Waals surface area (Å²) in [6.45, 7) is 0. The van der Waals surface area contributed by atoms with E-state index in [-0.39, 0.29) is 37.9 Å². The fourth-order valence-corrected chi connectivity index (χ4v) is 6.22. The van der Waals surface area contributed by atoms with Gasteiger partial charge in [0.05, 0.1) is 15.1 Å². The average Bonchev–Trinajstić information content (AvgIpc) is 3.14. The zero-order chi connectivity index (χ0) is 35.8. The highest BCUT2D eigenvalue weighted by atomic mass is 14.2. The Morgan fingerprint density at radius 1 is 0.400 bits per heavy atom. The molecule has 0 aliphatic heterocycles. The molecule has 0 saturated carbocycles. The molecule has 0 heteroatoms. The molecule has 0 spiro atoms. The van der Waals surface area contributed by atoms with Crippen LogP contribution in [0.1, 0.15) is 15.1 Å². The molecular weight excluding hydrogens is 480 g/mol. The summed E-state index contributed by atoms with van der Waals surface area (Å²) < 4.78 is 97.0. The molecule has 9 aromatic rings. The molecule has 0 aliphatic rings. The molecular formula is C40H24. The first-order chi connectivity index (χ1) is 24.4. The fourth-order valence-electron chi connectivity index (χ4n) is 6.22.